The molecule has 0 fully saturated rings. The predicted molar refractivity (Wildman–Crippen MR) is 344 cm³/mol. The van der Waals surface area contributed by atoms with Gasteiger partial charge in [-0.1, -0.05) is 360 Å². The number of carbonyl (C=O) groups is 3. The number of esters is 3. The van der Waals surface area contributed by atoms with Crippen molar-refractivity contribution in [2.24, 2.45) is 0 Å². The standard InChI is InChI=1S/C73H138O6/c1-4-7-10-13-15-17-19-21-23-25-27-29-31-32-33-34-35-36-37-38-39-40-42-43-45-47-49-51-53-55-57-60-63-66-72(75)78-69-70(68-77-71(74)65-62-59-12-9-6-3)79-73(76)67-64-61-58-56-54-52-50-48-46-44-41-30-28-26-24-22-20-18-16-14-11-8-5-2/h20,22,26,28,70H,4-19,21,23-25,27,29-69H2,1-3H3/b22-20-,28-26-. The van der Waals surface area contributed by atoms with E-state index in [1.165, 1.54) is 295 Å². The highest BCUT2D eigenvalue weighted by Gasteiger charge is 2.19. The molecular weight excluding hydrogens is 973 g/mol. The van der Waals surface area contributed by atoms with Crippen LogP contribution in [0.1, 0.15) is 406 Å². The number of allylic oxidation sites excluding steroid dienone is 4. The fourth-order valence-electron chi connectivity index (χ4n) is 11.1. The highest BCUT2D eigenvalue weighted by Crippen LogP contribution is 2.19. The summed E-state index contributed by atoms with van der Waals surface area (Å²) in [6.45, 7) is 6.62. The van der Waals surface area contributed by atoms with Crippen LogP contribution in [0.2, 0.25) is 0 Å². The maximum Gasteiger partial charge on any atom is 0.306 e. The second-order valence-corrected chi connectivity index (χ2v) is 24.5. The molecule has 0 rings (SSSR count). The first-order valence-corrected chi connectivity index (χ1v) is 35.8. The lowest BCUT2D eigenvalue weighted by Crippen LogP contribution is -2.30. The Morgan fingerprint density at radius 3 is 0.696 bits per heavy atom. The summed E-state index contributed by atoms with van der Waals surface area (Å²) in [5, 5.41) is 0. The van der Waals surface area contributed by atoms with Gasteiger partial charge in [-0.25, -0.2) is 0 Å². The zero-order valence-corrected chi connectivity index (χ0v) is 53.7. The van der Waals surface area contributed by atoms with Gasteiger partial charge in [-0.05, 0) is 51.4 Å². The highest BCUT2D eigenvalue weighted by atomic mass is 16.6. The molecule has 1 unspecified atom stereocenters. The minimum Gasteiger partial charge on any atom is -0.462 e. The largest absolute Gasteiger partial charge is 0.462 e. The van der Waals surface area contributed by atoms with E-state index in [0.717, 1.165) is 70.6 Å². The zero-order valence-electron chi connectivity index (χ0n) is 53.7. The normalized spacial score (nSPS) is 12.1. The van der Waals surface area contributed by atoms with Crippen LogP contribution in [0.4, 0.5) is 0 Å². The molecule has 6 nitrogen and oxygen atoms in total. The van der Waals surface area contributed by atoms with Gasteiger partial charge in [0.05, 0.1) is 0 Å². The molecule has 0 aromatic rings. The lowest BCUT2D eigenvalue weighted by Gasteiger charge is -2.18. The Kier molecular flexibility index (Phi) is 66.6. The number of ether oxygens (including phenoxy) is 3. The van der Waals surface area contributed by atoms with Crippen LogP contribution in [0.5, 0.6) is 0 Å². The summed E-state index contributed by atoms with van der Waals surface area (Å²) < 4.78 is 16.8. The second-order valence-electron chi connectivity index (χ2n) is 24.5. The van der Waals surface area contributed by atoms with E-state index >= 15 is 0 Å². The van der Waals surface area contributed by atoms with Crippen molar-refractivity contribution in [3.05, 3.63) is 24.3 Å². The van der Waals surface area contributed by atoms with Crippen LogP contribution in [0.25, 0.3) is 0 Å². The van der Waals surface area contributed by atoms with Gasteiger partial charge in [0.2, 0.25) is 0 Å². The quantitative estimate of drug-likeness (QED) is 0.0261. The topological polar surface area (TPSA) is 78.9 Å². The highest BCUT2D eigenvalue weighted by molar-refractivity contribution is 5.71. The monoisotopic (exact) mass is 1110 g/mol. The Labute approximate surface area is 493 Å². The van der Waals surface area contributed by atoms with Crippen LogP contribution >= 0.6 is 0 Å². The third-order valence-electron chi connectivity index (χ3n) is 16.5. The summed E-state index contributed by atoms with van der Waals surface area (Å²) >= 11 is 0. The van der Waals surface area contributed by atoms with Gasteiger partial charge >= 0.3 is 17.9 Å². The van der Waals surface area contributed by atoms with Gasteiger partial charge in [0.1, 0.15) is 13.2 Å². The van der Waals surface area contributed by atoms with Crippen LogP contribution in [0, 0.1) is 0 Å². The zero-order chi connectivity index (χ0) is 57.1. The molecule has 0 N–H and O–H groups in total. The van der Waals surface area contributed by atoms with Gasteiger partial charge in [0.25, 0.3) is 0 Å². The van der Waals surface area contributed by atoms with Crippen LogP contribution in [0.15, 0.2) is 24.3 Å². The van der Waals surface area contributed by atoms with Gasteiger partial charge in [0, 0.05) is 19.3 Å². The first kappa shape index (κ1) is 76.9. The average molecular weight is 1110 g/mol. The summed E-state index contributed by atoms with van der Waals surface area (Å²) in [6.07, 6.45) is 84.3. The Morgan fingerprint density at radius 2 is 0.456 bits per heavy atom. The molecule has 0 aromatic heterocycles. The third kappa shape index (κ3) is 66.6. The van der Waals surface area contributed by atoms with Crippen LogP contribution in [-0.4, -0.2) is 37.2 Å². The molecule has 0 aliphatic carbocycles. The fourth-order valence-corrected chi connectivity index (χ4v) is 11.1. The van der Waals surface area contributed by atoms with Gasteiger partial charge < -0.3 is 14.2 Å². The first-order valence-electron chi connectivity index (χ1n) is 35.8. The van der Waals surface area contributed by atoms with Crippen LogP contribution in [0.3, 0.4) is 0 Å². The second kappa shape index (κ2) is 68.4. The summed E-state index contributed by atoms with van der Waals surface area (Å²) in [5.74, 6) is -0.857. The number of unbranched alkanes of at least 4 members (excludes halogenated alkanes) is 52. The van der Waals surface area contributed by atoms with E-state index in [0.29, 0.717) is 19.3 Å². The van der Waals surface area contributed by atoms with Crippen molar-refractivity contribution in [3.8, 4) is 0 Å². The summed E-state index contributed by atoms with van der Waals surface area (Å²) in [5.41, 5.74) is 0. The lowest BCUT2D eigenvalue weighted by molar-refractivity contribution is -0.167. The van der Waals surface area contributed by atoms with Gasteiger partial charge in [0.15, 0.2) is 6.10 Å². The molecule has 0 saturated heterocycles. The first-order chi connectivity index (χ1) is 39.0. The molecule has 466 valence electrons. The molecule has 6 heteroatoms. The number of carbonyl (C=O) groups excluding carboxylic acids is 3. The van der Waals surface area contributed by atoms with Crippen molar-refractivity contribution < 1.29 is 28.6 Å². The molecule has 0 radical (unpaired) electrons. The van der Waals surface area contributed by atoms with E-state index in [-0.39, 0.29) is 31.1 Å². The predicted octanol–water partition coefficient (Wildman–Crippen LogP) is 24.6. The summed E-state index contributed by atoms with van der Waals surface area (Å²) in [4.78, 5) is 38.0. The third-order valence-corrected chi connectivity index (χ3v) is 16.5. The molecule has 0 heterocycles. The maximum absolute atomic E-state index is 12.8. The van der Waals surface area contributed by atoms with E-state index < -0.39 is 6.10 Å². The number of rotatable bonds is 67. The summed E-state index contributed by atoms with van der Waals surface area (Å²) in [6, 6.07) is 0. The van der Waals surface area contributed by atoms with Crippen molar-refractivity contribution in [2.45, 2.75) is 412 Å². The minimum atomic E-state index is -0.767. The minimum absolute atomic E-state index is 0.0672. The van der Waals surface area contributed by atoms with E-state index in [4.69, 9.17) is 14.2 Å². The smallest absolute Gasteiger partial charge is 0.306 e. The molecule has 0 aliphatic heterocycles. The molecule has 1 atom stereocenters. The van der Waals surface area contributed by atoms with E-state index in [1.54, 1.807) is 0 Å². The maximum atomic E-state index is 12.8. The number of hydrogen-bond acceptors (Lipinski definition) is 6. The Bertz CT molecular complexity index is 1270. The van der Waals surface area contributed by atoms with Crippen molar-refractivity contribution in [3.63, 3.8) is 0 Å². The molecule has 0 amide bonds. The molecule has 0 saturated carbocycles. The van der Waals surface area contributed by atoms with Crippen molar-refractivity contribution >= 4 is 17.9 Å². The van der Waals surface area contributed by atoms with Crippen molar-refractivity contribution in [2.75, 3.05) is 13.2 Å². The lowest BCUT2D eigenvalue weighted by atomic mass is 10.0. The molecule has 79 heavy (non-hydrogen) atoms. The molecule has 0 spiro atoms. The van der Waals surface area contributed by atoms with E-state index in [9.17, 15) is 14.4 Å². The van der Waals surface area contributed by atoms with E-state index in [1.807, 2.05) is 0 Å². The van der Waals surface area contributed by atoms with Crippen molar-refractivity contribution in [1.82, 2.24) is 0 Å². The average Bonchev–Trinajstić information content (AvgIpc) is 3.45. The Balaban J connectivity index is 3.88. The van der Waals surface area contributed by atoms with Gasteiger partial charge in [-0.3, -0.25) is 14.4 Å². The number of hydrogen-bond donors (Lipinski definition) is 0. The van der Waals surface area contributed by atoms with Crippen molar-refractivity contribution in [1.29, 1.82) is 0 Å². The summed E-state index contributed by atoms with van der Waals surface area (Å²) in [7, 11) is 0. The Hall–Kier alpha value is -2.11. The molecule has 0 bridgehead atoms. The molecule has 0 aromatic carbocycles. The van der Waals surface area contributed by atoms with Gasteiger partial charge in [-0.15, -0.1) is 0 Å². The Morgan fingerprint density at radius 1 is 0.253 bits per heavy atom. The van der Waals surface area contributed by atoms with Crippen LogP contribution < -0.4 is 0 Å². The van der Waals surface area contributed by atoms with Gasteiger partial charge in [-0.2, -0.15) is 0 Å². The fraction of sp³-hybridized carbons (Fsp3) is 0.904. The van der Waals surface area contributed by atoms with E-state index in [2.05, 4.69) is 45.1 Å². The molecule has 0 aliphatic rings. The SMILES string of the molecule is CCCCCCC/C=C\C/C=C\CCCCCCCCCCCCCC(=O)OC(COC(=O)CCCCCCC)COC(=O)CCCCCCCCCCCCCCCCCCCCCCCCCCCCCCCCCCC. The molecular formula is C73H138O6. The van der Waals surface area contributed by atoms with Crippen LogP contribution in [-0.2, 0) is 28.6 Å².